The maximum atomic E-state index is 13.5. The zero-order valence-corrected chi connectivity index (χ0v) is 23.1. The van der Waals surface area contributed by atoms with Gasteiger partial charge in [-0.2, -0.15) is 5.10 Å². The van der Waals surface area contributed by atoms with Crippen molar-refractivity contribution in [2.75, 3.05) is 19.5 Å². The van der Waals surface area contributed by atoms with Gasteiger partial charge in [0, 0.05) is 23.3 Å². The largest absolute Gasteiger partial charge is 0.508 e. The highest BCUT2D eigenvalue weighted by Gasteiger charge is 2.24. The van der Waals surface area contributed by atoms with Crippen LogP contribution in [0.5, 0.6) is 5.75 Å². The molecule has 3 aromatic carbocycles. The highest BCUT2D eigenvalue weighted by molar-refractivity contribution is 6.30. The molecule has 1 atom stereocenters. The number of aromatic hydroxyl groups is 1. The first-order chi connectivity index (χ1) is 20.4. The molecule has 0 aliphatic carbocycles. The average Bonchev–Trinajstić information content (AvgIpc) is 3.36. The number of aromatic nitrogens is 6. The van der Waals surface area contributed by atoms with Crippen LogP contribution in [0.2, 0.25) is 5.02 Å². The summed E-state index contributed by atoms with van der Waals surface area (Å²) < 4.78 is 6.74. The minimum absolute atomic E-state index is 0.131. The lowest BCUT2D eigenvalue weighted by Crippen LogP contribution is -2.20. The third-order valence-electron chi connectivity index (χ3n) is 6.83. The van der Waals surface area contributed by atoms with Crippen molar-refractivity contribution in [2.24, 2.45) is 0 Å². The van der Waals surface area contributed by atoms with Crippen LogP contribution in [-0.2, 0) is 11.3 Å². The van der Waals surface area contributed by atoms with Crippen LogP contribution < -0.4 is 11.3 Å². The number of nitrogen functional groups attached to an aromatic ring is 1. The lowest BCUT2D eigenvalue weighted by molar-refractivity contribution is 0.240. The van der Waals surface area contributed by atoms with Crippen LogP contribution in [0.1, 0.15) is 22.9 Å². The molecular formula is C31H24ClN7O3. The summed E-state index contributed by atoms with van der Waals surface area (Å²) in [5, 5.41) is 16.2. The van der Waals surface area contributed by atoms with Crippen LogP contribution in [0.25, 0.3) is 33.2 Å². The van der Waals surface area contributed by atoms with Crippen LogP contribution in [0, 0.1) is 11.8 Å². The lowest BCUT2D eigenvalue weighted by atomic mass is 9.97. The van der Waals surface area contributed by atoms with Crippen molar-refractivity contribution in [1.82, 2.24) is 29.7 Å². The minimum Gasteiger partial charge on any atom is -0.508 e. The number of anilines is 1. The van der Waals surface area contributed by atoms with E-state index in [4.69, 9.17) is 32.2 Å². The Bertz CT molecular complexity index is 2060. The molecule has 0 spiro atoms. The maximum Gasteiger partial charge on any atom is 0.260 e. The number of ether oxygens (including phenoxy) is 1. The summed E-state index contributed by atoms with van der Waals surface area (Å²) >= 11 is 6.40. The van der Waals surface area contributed by atoms with Crippen molar-refractivity contribution in [1.29, 1.82) is 0 Å². The molecule has 6 rings (SSSR count). The number of H-pyrrole nitrogens is 1. The second-order valence-electron chi connectivity index (χ2n) is 9.53. The Morgan fingerprint density at radius 3 is 2.69 bits per heavy atom. The van der Waals surface area contributed by atoms with Crippen molar-refractivity contribution in [3.63, 3.8) is 0 Å². The van der Waals surface area contributed by atoms with Crippen molar-refractivity contribution >= 4 is 39.4 Å². The zero-order valence-electron chi connectivity index (χ0n) is 22.4. The van der Waals surface area contributed by atoms with Gasteiger partial charge in [-0.25, -0.2) is 19.6 Å². The first kappa shape index (κ1) is 27.0. The second-order valence-corrected chi connectivity index (χ2v) is 9.96. The molecule has 42 heavy (non-hydrogen) atoms. The Morgan fingerprint density at radius 2 is 1.90 bits per heavy atom. The number of hydrogen-bond acceptors (Lipinski definition) is 8. The monoisotopic (exact) mass is 577 g/mol. The van der Waals surface area contributed by atoms with Crippen LogP contribution in [0.3, 0.4) is 0 Å². The molecule has 6 aromatic rings. The summed E-state index contributed by atoms with van der Waals surface area (Å²) in [7, 11) is 1.56. The fourth-order valence-corrected chi connectivity index (χ4v) is 5.10. The summed E-state index contributed by atoms with van der Waals surface area (Å²) in [4.78, 5) is 30.0. The first-order valence-electron chi connectivity index (χ1n) is 13.0. The van der Waals surface area contributed by atoms with E-state index in [2.05, 4.69) is 26.8 Å². The van der Waals surface area contributed by atoms with Crippen molar-refractivity contribution in [3.05, 3.63) is 105 Å². The molecule has 0 saturated heterocycles. The molecule has 3 aromatic heterocycles. The topological polar surface area (TPSA) is 145 Å². The molecule has 0 radical (unpaired) electrons. The molecule has 1 unspecified atom stereocenters. The number of phenols is 1. The van der Waals surface area contributed by atoms with Gasteiger partial charge < -0.3 is 20.6 Å². The molecule has 0 fully saturated rings. The average molecular weight is 578 g/mol. The number of nitrogens with zero attached hydrogens (tertiary/aromatic N) is 5. The van der Waals surface area contributed by atoms with Gasteiger partial charge in [0.15, 0.2) is 5.65 Å². The molecule has 4 N–H and O–H groups in total. The molecule has 0 amide bonds. The molecule has 208 valence electrons. The van der Waals surface area contributed by atoms with Crippen molar-refractivity contribution in [3.8, 4) is 28.8 Å². The van der Waals surface area contributed by atoms with Gasteiger partial charge in [0.25, 0.3) is 5.56 Å². The number of methoxy groups -OCH3 is 1. The Labute approximate surface area is 244 Å². The van der Waals surface area contributed by atoms with E-state index in [9.17, 15) is 9.90 Å². The molecule has 11 heteroatoms. The van der Waals surface area contributed by atoms with Gasteiger partial charge in [0.2, 0.25) is 0 Å². The molecule has 0 saturated carbocycles. The number of rotatable bonds is 6. The van der Waals surface area contributed by atoms with Crippen molar-refractivity contribution < 1.29 is 9.84 Å². The van der Waals surface area contributed by atoms with Gasteiger partial charge in [0.05, 0.1) is 28.8 Å². The third kappa shape index (κ3) is 5.14. The van der Waals surface area contributed by atoms with E-state index < -0.39 is 5.92 Å². The molecule has 0 aliphatic heterocycles. The lowest BCUT2D eigenvalue weighted by Gasteiger charge is -2.18. The summed E-state index contributed by atoms with van der Waals surface area (Å²) in [6.45, 7) is 0.488. The normalized spacial score (nSPS) is 11.9. The summed E-state index contributed by atoms with van der Waals surface area (Å²) in [5.41, 5.74) is 9.68. The Balaban J connectivity index is 1.52. The van der Waals surface area contributed by atoms with E-state index in [1.807, 2.05) is 24.3 Å². The fraction of sp³-hybridized carbons (Fsp3) is 0.129. The Kier molecular flexibility index (Phi) is 7.27. The van der Waals surface area contributed by atoms with Gasteiger partial charge in [-0.05, 0) is 54.1 Å². The smallest absolute Gasteiger partial charge is 0.260 e. The van der Waals surface area contributed by atoms with Gasteiger partial charge in [-0.3, -0.25) is 4.79 Å². The predicted octanol–water partition coefficient (Wildman–Crippen LogP) is 4.50. The second kappa shape index (κ2) is 11.3. The number of nitrogens with two attached hydrogens (primary N) is 1. The maximum absolute atomic E-state index is 13.5. The van der Waals surface area contributed by atoms with E-state index in [0.29, 0.717) is 44.0 Å². The van der Waals surface area contributed by atoms with Crippen molar-refractivity contribution in [2.45, 2.75) is 12.5 Å². The molecule has 0 bridgehead atoms. The number of benzene rings is 3. The van der Waals surface area contributed by atoms with Crippen LogP contribution >= 0.6 is 11.6 Å². The van der Waals surface area contributed by atoms with Gasteiger partial charge >= 0.3 is 0 Å². The number of hydrogen-bond donors (Lipinski definition) is 3. The summed E-state index contributed by atoms with van der Waals surface area (Å²) in [6, 6.07) is 19.4. The van der Waals surface area contributed by atoms with E-state index in [0.717, 1.165) is 11.1 Å². The van der Waals surface area contributed by atoms with Gasteiger partial charge in [-0.1, -0.05) is 41.6 Å². The predicted molar refractivity (Wildman–Crippen MR) is 161 cm³/mol. The van der Waals surface area contributed by atoms with E-state index in [1.54, 1.807) is 54.3 Å². The van der Waals surface area contributed by atoms with E-state index >= 15 is 0 Å². The Morgan fingerprint density at radius 1 is 1.10 bits per heavy atom. The van der Waals surface area contributed by atoms with Crippen LogP contribution in [0.4, 0.5) is 5.82 Å². The first-order valence-corrected chi connectivity index (χ1v) is 13.3. The number of nitrogens with one attached hydrogen (secondary N) is 1. The molecular weight excluding hydrogens is 554 g/mol. The highest BCUT2D eigenvalue weighted by Crippen LogP contribution is 2.33. The fourth-order valence-electron chi connectivity index (χ4n) is 4.91. The van der Waals surface area contributed by atoms with E-state index in [1.165, 1.54) is 6.33 Å². The SMILES string of the molecule is COCC#Cc1cccc2nc(C(Cn3nc(-c4ccc(O)cc4)c4c(N)ncnc43)c3cccc(Cl)c3)[nH]c(=O)c12. The van der Waals surface area contributed by atoms with Gasteiger partial charge in [-0.15, -0.1) is 0 Å². The summed E-state index contributed by atoms with van der Waals surface area (Å²) in [6.07, 6.45) is 1.38. The minimum atomic E-state index is -0.476. The molecule has 0 aliphatic rings. The zero-order chi connectivity index (χ0) is 29.2. The molecule has 3 heterocycles. The quantitative estimate of drug-likeness (QED) is 0.245. The van der Waals surface area contributed by atoms with E-state index in [-0.39, 0.29) is 30.3 Å². The Hall–Kier alpha value is -5.24. The standard InChI is InChI=1S/C31H24ClN7O3/c1-42-14-4-7-18-5-3-9-24-25(18)31(41)37-29(36-24)23(20-6-2-8-21(32)15-20)16-39-30-26(28(33)34-17-35-30)27(38-39)19-10-12-22(40)13-11-19/h2-3,5-6,8-13,15,17,23,40H,14,16H2,1H3,(H2,33,34,35)(H,36,37,41). The number of phenolic OH excluding ortho intramolecular Hbond substituents is 1. The number of halogens is 1. The molecule has 10 nitrogen and oxygen atoms in total. The highest BCUT2D eigenvalue weighted by atomic mass is 35.5. The summed E-state index contributed by atoms with van der Waals surface area (Å²) in [5.74, 6) is 6.25. The van der Waals surface area contributed by atoms with Crippen LogP contribution in [-0.4, -0.2) is 48.5 Å². The number of fused-ring (bicyclic) bond motifs is 2. The third-order valence-corrected chi connectivity index (χ3v) is 7.06. The van der Waals surface area contributed by atoms with Crippen LogP contribution in [0.15, 0.2) is 77.9 Å². The van der Waals surface area contributed by atoms with Gasteiger partial charge in [0.1, 0.15) is 36.0 Å². The number of aromatic amines is 1.